The summed E-state index contributed by atoms with van der Waals surface area (Å²) in [6.07, 6.45) is 2.32. The van der Waals surface area contributed by atoms with Crippen LogP contribution in [0.5, 0.6) is 0 Å². The summed E-state index contributed by atoms with van der Waals surface area (Å²) < 4.78 is 5.78. The lowest BCUT2D eigenvalue weighted by Crippen LogP contribution is -2.44. The van der Waals surface area contributed by atoms with Gasteiger partial charge >= 0.3 is 0 Å². The van der Waals surface area contributed by atoms with Gasteiger partial charge in [0.1, 0.15) is 6.17 Å². The summed E-state index contributed by atoms with van der Waals surface area (Å²) in [7, 11) is 0. The Balaban J connectivity index is 1.86. The second-order valence-electron chi connectivity index (χ2n) is 5.78. The fourth-order valence-electron chi connectivity index (χ4n) is 3.16. The maximum atomic E-state index is 12.5. The third-order valence-electron chi connectivity index (χ3n) is 4.28. The molecule has 3 heterocycles. The molecular weight excluding hydrogens is 272 g/mol. The summed E-state index contributed by atoms with van der Waals surface area (Å²) in [5.74, 6) is 0.184. The first-order valence-corrected chi connectivity index (χ1v) is 8.15. The summed E-state index contributed by atoms with van der Waals surface area (Å²) >= 11 is 1.76. The van der Waals surface area contributed by atoms with E-state index in [-0.39, 0.29) is 30.3 Å². The van der Waals surface area contributed by atoms with E-state index < -0.39 is 0 Å². The summed E-state index contributed by atoms with van der Waals surface area (Å²) in [4.78, 5) is 17.0. The zero-order valence-corrected chi connectivity index (χ0v) is 13.1. The Kier molecular flexibility index (Phi) is 3.84. The Bertz CT molecular complexity index is 496. The van der Waals surface area contributed by atoms with Crippen molar-refractivity contribution in [2.24, 2.45) is 0 Å². The molecule has 4 nitrogen and oxygen atoms in total. The van der Waals surface area contributed by atoms with Gasteiger partial charge in [-0.25, -0.2) is 0 Å². The molecule has 4 unspecified atom stereocenters. The molecule has 2 aliphatic rings. The minimum Gasteiger partial charge on any atom is -0.376 e. The number of thiophene rings is 1. The number of nitrogens with one attached hydrogen (secondary N) is 1. The quantitative estimate of drug-likeness (QED) is 0.931. The number of rotatable bonds is 3. The van der Waals surface area contributed by atoms with E-state index in [2.05, 4.69) is 31.3 Å². The van der Waals surface area contributed by atoms with Crippen LogP contribution in [0.1, 0.15) is 42.6 Å². The van der Waals surface area contributed by atoms with Gasteiger partial charge in [0, 0.05) is 16.4 Å². The maximum absolute atomic E-state index is 12.5. The Morgan fingerprint density at radius 2 is 2.30 bits per heavy atom. The van der Waals surface area contributed by atoms with Gasteiger partial charge in [0.05, 0.1) is 18.2 Å². The predicted molar refractivity (Wildman–Crippen MR) is 79.7 cm³/mol. The van der Waals surface area contributed by atoms with E-state index in [0.29, 0.717) is 0 Å². The fourth-order valence-corrected chi connectivity index (χ4v) is 4.09. The second-order valence-corrected chi connectivity index (χ2v) is 7.10. The van der Waals surface area contributed by atoms with Crippen molar-refractivity contribution in [3.63, 3.8) is 0 Å². The zero-order chi connectivity index (χ0) is 14.3. The van der Waals surface area contributed by atoms with E-state index in [1.165, 1.54) is 9.75 Å². The number of amides is 1. The van der Waals surface area contributed by atoms with Crippen LogP contribution in [0.15, 0.2) is 12.1 Å². The van der Waals surface area contributed by atoms with Crippen molar-refractivity contribution in [2.75, 3.05) is 6.61 Å². The highest BCUT2D eigenvalue weighted by Gasteiger charge is 2.43. The van der Waals surface area contributed by atoms with Crippen LogP contribution in [0, 0.1) is 6.92 Å². The number of ether oxygens (including phenoxy) is 1. The first-order chi connectivity index (χ1) is 9.58. The van der Waals surface area contributed by atoms with Gasteiger partial charge in [0.25, 0.3) is 0 Å². The number of hydrogen-bond acceptors (Lipinski definition) is 4. The van der Waals surface area contributed by atoms with E-state index >= 15 is 0 Å². The predicted octanol–water partition coefficient (Wildman–Crippen LogP) is 2.44. The van der Waals surface area contributed by atoms with Crippen LogP contribution in [0.25, 0.3) is 0 Å². The minimum absolute atomic E-state index is 0.00426. The van der Waals surface area contributed by atoms with Crippen molar-refractivity contribution in [1.82, 2.24) is 10.2 Å². The number of hydrogen-bond donors (Lipinski definition) is 1. The number of carbonyl (C=O) groups is 1. The summed E-state index contributed by atoms with van der Waals surface area (Å²) in [5, 5.41) is 3.42. The second kappa shape index (κ2) is 5.47. The molecule has 1 aromatic heterocycles. The normalized spacial score (nSPS) is 32.0. The molecule has 0 spiro atoms. The van der Waals surface area contributed by atoms with Crippen LogP contribution in [0.2, 0.25) is 0 Å². The molecule has 0 radical (unpaired) electrons. The fraction of sp³-hybridized carbons (Fsp3) is 0.667. The van der Waals surface area contributed by atoms with Crippen molar-refractivity contribution in [3.8, 4) is 0 Å². The first-order valence-electron chi connectivity index (χ1n) is 7.34. The molecule has 1 N–H and O–H groups in total. The van der Waals surface area contributed by atoms with Gasteiger partial charge in [-0.3, -0.25) is 10.1 Å². The van der Waals surface area contributed by atoms with Gasteiger partial charge in [-0.05, 0) is 45.7 Å². The van der Waals surface area contributed by atoms with Crippen LogP contribution in [-0.2, 0) is 9.53 Å². The number of carbonyl (C=O) groups excluding carboxylic acids is 1. The average molecular weight is 294 g/mol. The molecule has 2 aliphatic heterocycles. The molecule has 20 heavy (non-hydrogen) atoms. The molecule has 0 bridgehead atoms. The Morgan fingerprint density at radius 3 is 2.90 bits per heavy atom. The molecule has 4 atom stereocenters. The van der Waals surface area contributed by atoms with Crippen LogP contribution in [-0.4, -0.2) is 35.6 Å². The Labute approximate surface area is 124 Å². The molecular formula is C15H22N2O2S. The molecule has 1 aromatic rings. The van der Waals surface area contributed by atoms with Crippen molar-refractivity contribution in [1.29, 1.82) is 0 Å². The lowest BCUT2D eigenvalue weighted by Gasteiger charge is -2.33. The molecule has 2 saturated heterocycles. The van der Waals surface area contributed by atoms with Gasteiger partial charge in [-0.1, -0.05) is 0 Å². The zero-order valence-electron chi connectivity index (χ0n) is 12.3. The third-order valence-corrected chi connectivity index (χ3v) is 5.34. The lowest BCUT2D eigenvalue weighted by molar-refractivity contribution is -0.134. The van der Waals surface area contributed by atoms with Crippen molar-refractivity contribution >= 4 is 17.2 Å². The van der Waals surface area contributed by atoms with Gasteiger partial charge in [-0.2, -0.15) is 0 Å². The van der Waals surface area contributed by atoms with Gasteiger partial charge < -0.3 is 9.64 Å². The molecule has 5 heteroatoms. The van der Waals surface area contributed by atoms with E-state index in [0.717, 1.165) is 19.4 Å². The minimum atomic E-state index is -0.119. The van der Waals surface area contributed by atoms with Crippen LogP contribution in [0.3, 0.4) is 0 Å². The van der Waals surface area contributed by atoms with Crippen LogP contribution >= 0.6 is 11.3 Å². The summed E-state index contributed by atoms with van der Waals surface area (Å²) in [5.41, 5.74) is 0. The highest BCUT2D eigenvalue weighted by atomic mass is 32.1. The van der Waals surface area contributed by atoms with Gasteiger partial charge in [0.15, 0.2) is 0 Å². The monoisotopic (exact) mass is 294 g/mol. The molecule has 0 saturated carbocycles. The maximum Gasteiger partial charge on any atom is 0.241 e. The smallest absolute Gasteiger partial charge is 0.241 e. The Hall–Kier alpha value is -0.910. The third kappa shape index (κ3) is 2.38. The molecule has 1 amide bonds. The SMILES string of the molecule is Cc1ccc(C2NC(C)C(=O)N2C(C)C2CCCO2)s1. The average Bonchev–Trinajstić information content (AvgIpc) is 3.11. The van der Waals surface area contributed by atoms with Crippen molar-refractivity contribution < 1.29 is 9.53 Å². The first kappa shape index (κ1) is 14.0. The molecule has 2 fully saturated rings. The molecule has 110 valence electrons. The molecule has 0 aromatic carbocycles. The lowest BCUT2D eigenvalue weighted by atomic mass is 10.1. The molecule has 0 aliphatic carbocycles. The largest absolute Gasteiger partial charge is 0.376 e. The summed E-state index contributed by atoms with van der Waals surface area (Å²) in [6, 6.07) is 4.24. The summed E-state index contributed by atoms with van der Waals surface area (Å²) in [6.45, 7) is 6.98. The number of nitrogens with zero attached hydrogens (tertiary/aromatic N) is 1. The van der Waals surface area contributed by atoms with Crippen molar-refractivity contribution in [2.45, 2.75) is 58.0 Å². The topological polar surface area (TPSA) is 41.6 Å². The Morgan fingerprint density at radius 1 is 1.50 bits per heavy atom. The highest BCUT2D eigenvalue weighted by molar-refractivity contribution is 7.12. The van der Waals surface area contributed by atoms with E-state index in [4.69, 9.17) is 4.74 Å². The number of aryl methyl sites for hydroxylation is 1. The van der Waals surface area contributed by atoms with Crippen molar-refractivity contribution in [3.05, 3.63) is 21.9 Å². The standard InChI is InChI=1S/C15H22N2O2S/c1-9-6-7-13(20-9)14-16-10(2)15(18)17(14)11(3)12-5-4-8-19-12/h6-7,10-12,14,16H,4-5,8H2,1-3H3. The van der Waals surface area contributed by atoms with Crippen LogP contribution in [0.4, 0.5) is 0 Å². The highest BCUT2D eigenvalue weighted by Crippen LogP contribution is 2.34. The van der Waals surface area contributed by atoms with E-state index in [1.807, 2.05) is 11.8 Å². The van der Waals surface area contributed by atoms with E-state index in [9.17, 15) is 4.79 Å². The van der Waals surface area contributed by atoms with Gasteiger partial charge in [-0.15, -0.1) is 11.3 Å². The van der Waals surface area contributed by atoms with Gasteiger partial charge in [0.2, 0.25) is 5.91 Å². The van der Waals surface area contributed by atoms with Crippen LogP contribution < -0.4 is 5.32 Å². The van der Waals surface area contributed by atoms with E-state index in [1.54, 1.807) is 11.3 Å². The molecule has 3 rings (SSSR count).